The molecule has 3 rings (SSSR count). The monoisotopic (exact) mass is 399 g/mol. The minimum atomic E-state index is -3.51. The minimum absolute atomic E-state index is 0.0505. The van der Waals surface area contributed by atoms with Crippen LogP contribution in [-0.2, 0) is 14.6 Å². The zero-order valence-electron chi connectivity index (χ0n) is 14.1. The van der Waals surface area contributed by atoms with Gasteiger partial charge in [0, 0.05) is 30.3 Å². The van der Waals surface area contributed by atoms with Crippen molar-refractivity contribution in [1.29, 1.82) is 0 Å². The van der Waals surface area contributed by atoms with Crippen LogP contribution in [0.3, 0.4) is 0 Å². The molecular formula is C16H18ClN3O5S. The Morgan fingerprint density at radius 3 is 2.50 bits per heavy atom. The Labute approximate surface area is 156 Å². The number of ether oxygens (including phenoxy) is 1. The summed E-state index contributed by atoms with van der Waals surface area (Å²) in [7, 11) is -3.51. The molecule has 10 heteroatoms. The summed E-state index contributed by atoms with van der Waals surface area (Å²) in [4.78, 5) is 14.0. The largest absolute Gasteiger partial charge is 0.484 e. The van der Waals surface area contributed by atoms with Crippen LogP contribution in [0.1, 0.15) is 24.7 Å². The van der Waals surface area contributed by atoms with E-state index < -0.39 is 9.84 Å². The van der Waals surface area contributed by atoms with Crippen LogP contribution in [-0.4, -0.2) is 55.4 Å². The van der Waals surface area contributed by atoms with Gasteiger partial charge in [-0.15, -0.1) is 5.10 Å². The van der Waals surface area contributed by atoms with Gasteiger partial charge in [0.25, 0.3) is 5.91 Å². The molecule has 26 heavy (non-hydrogen) atoms. The maximum absolute atomic E-state index is 12.3. The van der Waals surface area contributed by atoms with Crippen molar-refractivity contribution in [2.75, 3.05) is 26.0 Å². The van der Waals surface area contributed by atoms with Crippen LogP contribution in [0, 0.1) is 0 Å². The summed E-state index contributed by atoms with van der Waals surface area (Å²) >= 11 is 5.81. The highest BCUT2D eigenvalue weighted by atomic mass is 35.5. The number of carbonyl (C=O) groups is 1. The SMILES string of the molecule is CS(=O)(=O)c1nnc(C2CCN(C(=O)COc3ccc(Cl)cc3)CC2)o1. The molecule has 1 fully saturated rings. The molecule has 0 radical (unpaired) electrons. The zero-order chi connectivity index (χ0) is 18.7. The van der Waals surface area contributed by atoms with Crippen molar-refractivity contribution < 1.29 is 22.4 Å². The topological polar surface area (TPSA) is 103 Å². The molecule has 0 N–H and O–H groups in total. The molecule has 0 bridgehead atoms. The van der Waals surface area contributed by atoms with Crippen molar-refractivity contribution in [2.24, 2.45) is 0 Å². The van der Waals surface area contributed by atoms with Crippen LogP contribution < -0.4 is 4.74 Å². The number of piperidine rings is 1. The van der Waals surface area contributed by atoms with Gasteiger partial charge in [0.05, 0.1) is 0 Å². The van der Waals surface area contributed by atoms with E-state index in [2.05, 4.69) is 10.2 Å². The molecule has 1 aromatic carbocycles. The fourth-order valence-electron chi connectivity index (χ4n) is 2.68. The van der Waals surface area contributed by atoms with Gasteiger partial charge in [-0.25, -0.2) is 8.42 Å². The van der Waals surface area contributed by atoms with Crippen molar-refractivity contribution in [1.82, 2.24) is 15.1 Å². The van der Waals surface area contributed by atoms with E-state index in [1.54, 1.807) is 29.2 Å². The lowest BCUT2D eigenvalue weighted by Crippen LogP contribution is -2.40. The second-order valence-corrected chi connectivity index (χ2v) is 8.41. The number of rotatable bonds is 5. The fourth-order valence-corrected chi connectivity index (χ4v) is 3.23. The molecule has 0 saturated carbocycles. The van der Waals surface area contributed by atoms with E-state index >= 15 is 0 Å². The summed E-state index contributed by atoms with van der Waals surface area (Å²) in [5, 5.41) is 7.63. The van der Waals surface area contributed by atoms with Gasteiger partial charge in [-0.3, -0.25) is 4.79 Å². The molecule has 0 spiro atoms. The number of likely N-dealkylation sites (tertiary alicyclic amines) is 1. The second-order valence-electron chi connectivity index (χ2n) is 6.08. The fraction of sp³-hybridized carbons (Fsp3) is 0.438. The van der Waals surface area contributed by atoms with Gasteiger partial charge in [0.15, 0.2) is 6.61 Å². The summed E-state index contributed by atoms with van der Waals surface area (Å²) in [5.74, 6) is 0.715. The number of halogens is 1. The Hall–Kier alpha value is -2.13. The first kappa shape index (κ1) is 18.7. The van der Waals surface area contributed by atoms with Crippen molar-refractivity contribution in [3.8, 4) is 5.75 Å². The highest BCUT2D eigenvalue weighted by Crippen LogP contribution is 2.28. The number of hydrogen-bond acceptors (Lipinski definition) is 7. The van der Waals surface area contributed by atoms with E-state index in [1.807, 2.05) is 0 Å². The van der Waals surface area contributed by atoms with Crippen molar-refractivity contribution >= 4 is 27.3 Å². The molecule has 0 aliphatic carbocycles. The normalized spacial score (nSPS) is 15.8. The van der Waals surface area contributed by atoms with Crippen LogP contribution in [0.4, 0.5) is 0 Å². The van der Waals surface area contributed by atoms with Crippen LogP contribution in [0.15, 0.2) is 33.9 Å². The van der Waals surface area contributed by atoms with E-state index in [9.17, 15) is 13.2 Å². The molecule has 1 aliphatic rings. The predicted molar refractivity (Wildman–Crippen MR) is 92.9 cm³/mol. The molecule has 2 aromatic rings. The standard InChI is InChI=1S/C16H18ClN3O5S/c1-26(22,23)16-19-18-15(25-16)11-6-8-20(9-7-11)14(21)10-24-13-4-2-12(17)3-5-13/h2-5,11H,6-10H2,1H3. The Morgan fingerprint density at radius 2 is 1.92 bits per heavy atom. The number of carbonyl (C=O) groups excluding carboxylic acids is 1. The third-order valence-corrected chi connectivity index (χ3v) is 5.16. The van der Waals surface area contributed by atoms with Crippen LogP contribution >= 0.6 is 11.6 Å². The lowest BCUT2D eigenvalue weighted by Gasteiger charge is -2.30. The van der Waals surface area contributed by atoms with Gasteiger partial charge in [0.2, 0.25) is 15.7 Å². The number of benzene rings is 1. The van der Waals surface area contributed by atoms with Crippen LogP contribution in [0.5, 0.6) is 5.75 Å². The molecule has 8 nitrogen and oxygen atoms in total. The summed E-state index contributed by atoms with van der Waals surface area (Å²) in [6, 6.07) is 6.80. The third kappa shape index (κ3) is 4.53. The van der Waals surface area contributed by atoms with Gasteiger partial charge in [-0.2, -0.15) is 0 Å². The number of amides is 1. The average Bonchev–Trinajstić information content (AvgIpc) is 3.12. The first-order valence-corrected chi connectivity index (χ1v) is 10.3. The van der Waals surface area contributed by atoms with Gasteiger partial charge in [-0.05, 0) is 37.1 Å². The first-order chi connectivity index (χ1) is 12.3. The smallest absolute Gasteiger partial charge is 0.335 e. The highest BCUT2D eigenvalue weighted by molar-refractivity contribution is 7.90. The Kier molecular flexibility index (Phi) is 5.47. The second kappa shape index (κ2) is 7.63. The van der Waals surface area contributed by atoms with E-state index in [-0.39, 0.29) is 23.7 Å². The predicted octanol–water partition coefficient (Wildman–Crippen LogP) is 1.91. The molecular weight excluding hydrogens is 382 g/mol. The number of nitrogens with zero attached hydrogens (tertiary/aromatic N) is 3. The maximum atomic E-state index is 12.3. The molecule has 1 saturated heterocycles. The van der Waals surface area contributed by atoms with E-state index in [4.69, 9.17) is 20.8 Å². The Balaban J connectivity index is 1.50. The quantitative estimate of drug-likeness (QED) is 0.756. The first-order valence-electron chi connectivity index (χ1n) is 8.02. The molecule has 140 valence electrons. The number of hydrogen-bond donors (Lipinski definition) is 0. The molecule has 1 amide bonds. The minimum Gasteiger partial charge on any atom is -0.484 e. The molecule has 0 atom stereocenters. The lowest BCUT2D eigenvalue weighted by atomic mass is 9.97. The Morgan fingerprint density at radius 1 is 1.27 bits per heavy atom. The van der Waals surface area contributed by atoms with Crippen molar-refractivity contribution in [3.63, 3.8) is 0 Å². The van der Waals surface area contributed by atoms with Gasteiger partial charge in [-0.1, -0.05) is 16.7 Å². The van der Waals surface area contributed by atoms with Gasteiger partial charge < -0.3 is 14.1 Å². The van der Waals surface area contributed by atoms with E-state index in [0.29, 0.717) is 42.6 Å². The summed E-state index contributed by atoms with van der Waals surface area (Å²) in [6.07, 6.45) is 2.27. The number of aromatic nitrogens is 2. The van der Waals surface area contributed by atoms with Gasteiger partial charge >= 0.3 is 5.22 Å². The Bertz CT molecular complexity index is 874. The van der Waals surface area contributed by atoms with Crippen molar-refractivity contribution in [2.45, 2.75) is 24.0 Å². The van der Waals surface area contributed by atoms with Crippen LogP contribution in [0.2, 0.25) is 5.02 Å². The summed E-state index contributed by atoms with van der Waals surface area (Å²) in [6.45, 7) is 0.985. The van der Waals surface area contributed by atoms with Gasteiger partial charge in [0.1, 0.15) is 5.75 Å². The molecule has 0 unspecified atom stereocenters. The highest BCUT2D eigenvalue weighted by Gasteiger charge is 2.28. The summed E-state index contributed by atoms with van der Waals surface area (Å²) < 4.78 is 33.5. The van der Waals surface area contributed by atoms with E-state index in [1.165, 1.54) is 0 Å². The summed E-state index contributed by atoms with van der Waals surface area (Å²) in [5.41, 5.74) is 0. The van der Waals surface area contributed by atoms with Crippen molar-refractivity contribution in [3.05, 3.63) is 35.2 Å². The number of sulfone groups is 1. The molecule has 2 heterocycles. The van der Waals surface area contributed by atoms with E-state index in [0.717, 1.165) is 6.26 Å². The zero-order valence-corrected chi connectivity index (χ0v) is 15.7. The molecule has 1 aromatic heterocycles. The molecule has 1 aliphatic heterocycles. The van der Waals surface area contributed by atoms with Crippen LogP contribution in [0.25, 0.3) is 0 Å². The maximum Gasteiger partial charge on any atom is 0.335 e. The average molecular weight is 400 g/mol. The third-order valence-electron chi connectivity index (χ3n) is 4.11. The lowest BCUT2D eigenvalue weighted by molar-refractivity contribution is -0.134.